The van der Waals surface area contributed by atoms with Gasteiger partial charge in [0, 0.05) is 6.04 Å². The predicted octanol–water partition coefficient (Wildman–Crippen LogP) is 2.92. The van der Waals surface area contributed by atoms with Crippen molar-refractivity contribution in [1.82, 2.24) is 10.3 Å². The molecule has 2 rings (SSSR count). The van der Waals surface area contributed by atoms with Crippen molar-refractivity contribution in [3.63, 3.8) is 0 Å². The summed E-state index contributed by atoms with van der Waals surface area (Å²) in [6.45, 7) is 4.61. The Kier molecular flexibility index (Phi) is 4.24. The van der Waals surface area contributed by atoms with Crippen LogP contribution in [-0.2, 0) is 0 Å². The van der Waals surface area contributed by atoms with Gasteiger partial charge in [0.05, 0.1) is 11.9 Å². The SMILES string of the molecule is CC1(C)CCCC[C@H]1NC(=S)Nc1ccc(N)nc1. The van der Waals surface area contributed by atoms with Gasteiger partial charge in [0.15, 0.2) is 5.11 Å². The van der Waals surface area contributed by atoms with Crippen LogP contribution in [0.4, 0.5) is 11.5 Å². The highest BCUT2D eigenvalue weighted by atomic mass is 32.1. The monoisotopic (exact) mass is 278 g/mol. The molecule has 19 heavy (non-hydrogen) atoms. The number of thiocarbonyl (C=S) groups is 1. The number of pyridine rings is 1. The van der Waals surface area contributed by atoms with Gasteiger partial charge in [-0.3, -0.25) is 0 Å². The Morgan fingerprint density at radius 2 is 2.21 bits per heavy atom. The molecule has 1 fully saturated rings. The molecule has 1 aromatic rings. The largest absolute Gasteiger partial charge is 0.384 e. The van der Waals surface area contributed by atoms with Gasteiger partial charge in [0.25, 0.3) is 0 Å². The highest BCUT2D eigenvalue weighted by Gasteiger charge is 2.32. The van der Waals surface area contributed by atoms with Gasteiger partial charge in [-0.1, -0.05) is 26.7 Å². The minimum Gasteiger partial charge on any atom is -0.384 e. The van der Waals surface area contributed by atoms with Gasteiger partial charge < -0.3 is 16.4 Å². The van der Waals surface area contributed by atoms with Gasteiger partial charge >= 0.3 is 0 Å². The third kappa shape index (κ3) is 3.80. The molecule has 0 amide bonds. The van der Waals surface area contributed by atoms with Gasteiger partial charge in [0.1, 0.15) is 5.82 Å². The number of nitrogens with zero attached hydrogens (tertiary/aromatic N) is 1. The molecule has 4 N–H and O–H groups in total. The fraction of sp³-hybridized carbons (Fsp3) is 0.571. The zero-order valence-electron chi connectivity index (χ0n) is 11.6. The number of nitrogens with two attached hydrogens (primary N) is 1. The molecule has 5 heteroatoms. The van der Waals surface area contributed by atoms with Crippen molar-refractivity contribution in [1.29, 1.82) is 0 Å². The van der Waals surface area contributed by atoms with Crippen LogP contribution in [0.3, 0.4) is 0 Å². The number of hydrogen-bond acceptors (Lipinski definition) is 3. The van der Waals surface area contributed by atoms with Crippen LogP contribution in [-0.4, -0.2) is 16.1 Å². The summed E-state index contributed by atoms with van der Waals surface area (Å²) in [6, 6.07) is 4.07. The smallest absolute Gasteiger partial charge is 0.171 e. The van der Waals surface area contributed by atoms with Crippen molar-refractivity contribution in [3.8, 4) is 0 Å². The fourth-order valence-electron chi connectivity index (χ4n) is 2.57. The quantitative estimate of drug-likeness (QED) is 0.726. The van der Waals surface area contributed by atoms with E-state index in [0.717, 1.165) is 5.69 Å². The first kappa shape index (κ1) is 14.1. The minimum absolute atomic E-state index is 0.295. The summed E-state index contributed by atoms with van der Waals surface area (Å²) in [4.78, 5) is 4.04. The van der Waals surface area contributed by atoms with E-state index in [9.17, 15) is 0 Å². The van der Waals surface area contributed by atoms with Gasteiger partial charge in [0.2, 0.25) is 0 Å². The second kappa shape index (κ2) is 5.74. The highest BCUT2D eigenvalue weighted by molar-refractivity contribution is 7.80. The summed E-state index contributed by atoms with van der Waals surface area (Å²) < 4.78 is 0. The Hall–Kier alpha value is -1.36. The maximum atomic E-state index is 5.56. The molecule has 0 unspecified atom stereocenters. The zero-order chi connectivity index (χ0) is 13.9. The minimum atomic E-state index is 0.295. The number of rotatable bonds is 2. The van der Waals surface area contributed by atoms with Crippen molar-refractivity contribution < 1.29 is 0 Å². The van der Waals surface area contributed by atoms with Crippen LogP contribution in [0.2, 0.25) is 0 Å². The van der Waals surface area contributed by atoms with Crippen LogP contribution in [0.1, 0.15) is 39.5 Å². The van der Waals surface area contributed by atoms with E-state index in [0.29, 0.717) is 22.4 Å². The zero-order valence-corrected chi connectivity index (χ0v) is 12.4. The lowest BCUT2D eigenvalue weighted by Crippen LogP contribution is -2.48. The van der Waals surface area contributed by atoms with Crippen LogP contribution in [0, 0.1) is 5.41 Å². The first-order valence-electron chi connectivity index (χ1n) is 6.76. The first-order valence-corrected chi connectivity index (χ1v) is 7.17. The van der Waals surface area contributed by atoms with E-state index in [2.05, 4.69) is 29.5 Å². The topological polar surface area (TPSA) is 63.0 Å². The molecule has 0 spiro atoms. The van der Waals surface area contributed by atoms with Crippen molar-refractivity contribution in [2.45, 2.75) is 45.6 Å². The summed E-state index contributed by atoms with van der Waals surface area (Å²) in [5, 5.41) is 7.25. The molecule has 1 atom stereocenters. The molecule has 1 saturated carbocycles. The lowest BCUT2D eigenvalue weighted by atomic mass is 9.73. The average molecular weight is 278 g/mol. The Morgan fingerprint density at radius 1 is 1.42 bits per heavy atom. The van der Waals surface area contributed by atoms with Crippen molar-refractivity contribution in [2.24, 2.45) is 5.41 Å². The van der Waals surface area contributed by atoms with Crippen LogP contribution in [0.5, 0.6) is 0 Å². The van der Waals surface area contributed by atoms with E-state index in [1.165, 1.54) is 25.7 Å². The molecule has 0 saturated heterocycles. The number of hydrogen-bond donors (Lipinski definition) is 3. The van der Waals surface area contributed by atoms with E-state index < -0.39 is 0 Å². The molecule has 0 aliphatic heterocycles. The maximum Gasteiger partial charge on any atom is 0.171 e. The van der Waals surface area contributed by atoms with E-state index in [1.54, 1.807) is 12.3 Å². The van der Waals surface area contributed by atoms with E-state index in [4.69, 9.17) is 18.0 Å². The summed E-state index contributed by atoms with van der Waals surface area (Å²) in [7, 11) is 0. The maximum absolute atomic E-state index is 5.56. The number of anilines is 2. The third-order valence-electron chi connectivity index (χ3n) is 3.86. The van der Waals surface area contributed by atoms with Crippen LogP contribution >= 0.6 is 12.2 Å². The van der Waals surface area contributed by atoms with Gasteiger partial charge in [-0.2, -0.15) is 0 Å². The molecule has 4 nitrogen and oxygen atoms in total. The van der Waals surface area contributed by atoms with Crippen LogP contribution < -0.4 is 16.4 Å². The van der Waals surface area contributed by atoms with Gasteiger partial charge in [-0.05, 0) is 42.6 Å². The third-order valence-corrected chi connectivity index (χ3v) is 4.08. The van der Waals surface area contributed by atoms with Gasteiger partial charge in [-0.15, -0.1) is 0 Å². The van der Waals surface area contributed by atoms with Crippen molar-refractivity contribution in [3.05, 3.63) is 18.3 Å². The molecule has 0 radical (unpaired) electrons. The molecule has 104 valence electrons. The van der Waals surface area contributed by atoms with E-state index in [1.807, 2.05) is 6.07 Å². The molecule has 1 aliphatic rings. The van der Waals surface area contributed by atoms with Crippen LogP contribution in [0.25, 0.3) is 0 Å². The normalized spacial score (nSPS) is 21.7. The lowest BCUT2D eigenvalue weighted by molar-refractivity contribution is 0.186. The molecular formula is C14H22N4S. The molecule has 0 aromatic carbocycles. The molecule has 1 aliphatic carbocycles. The summed E-state index contributed by atoms with van der Waals surface area (Å²) in [5.74, 6) is 0.512. The van der Waals surface area contributed by atoms with E-state index in [-0.39, 0.29) is 0 Å². The molecular weight excluding hydrogens is 256 g/mol. The Morgan fingerprint density at radius 3 is 2.84 bits per heavy atom. The van der Waals surface area contributed by atoms with E-state index >= 15 is 0 Å². The van der Waals surface area contributed by atoms with Crippen molar-refractivity contribution >= 4 is 28.8 Å². The number of nitrogen functional groups attached to an aromatic ring is 1. The molecule has 1 aromatic heterocycles. The first-order chi connectivity index (χ1) is 8.97. The molecule has 1 heterocycles. The predicted molar refractivity (Wildman–Crippen MR) is 84.0 cm³/mol. The van der Waals surface area contributed by atoms with Crippen LogP contribution in [0.15, 0.2) is 18.3 Å². The second-order valence-corrected chi connectivity index (χ2v) is 6.27. The van der Waals surface area contributed by atoms with Gasteiger partial charge in [-0.25, -0.2) is 4.98 Å². The lowest BCUT2D eigenvalue weighted by Gasteiger charge is -2.39. The summed E-state index contributed by atoms with van der Waals surface area (Å²) in [6.07, 6.45) is 6.70. The number of aromatic nitrogens is 1. The molecule has 0 bridgehead atoms. The summed E-state index contributed by atoms with van der Waals surface area (Å²) >= 11 is 5.37. The average Bonchev–Trinajstić information content (AvgIpc) is 2.35. The Balaban J connectivity index is 1.92. The second-order valence-electron chi connectivity index (χ2n) is 5.86. The Bertz CT molecular complexity index is 441. The highest BCUT2D eigenvalue weighted by Crippen LogP contribution is 2.35. The summed E-state index contributed by atoms with van der Waals surface area (Å²) in [5.41, 5.74) is 6.71. The van der Waals surface area contributed by atoms with Crippen molar-refractivity contribution in [2.75, 3.05) is 11.1 Å². The Labute approximate surface area is 120 Å². The number of nitrogens with one attached hydrogen (secondary N) is 2. The fourth-order valence-corrected chi connectivity index (χ4v) is 2.83. The standard InChI is InChI=1S/C14H22N4S/c1-14(2)8-4-3-5-11(14)18-13(19)17-10-6-7-12(15)16-9-10/h6-7,9,11H,3-5,8H2,1-2H3,(H2,15,16)(H2,17,18,19)/t11-/m1/s1.